The second-order valence-corrected chi connectivity index (χ2v) is 8.16. The summed E-state index contributed by atoms with van der Waals surface area (Å²) in [6.45, 7) is 4.52. The van der Waals surface area contributed by atoms with Gasteiger partial charge in [-0.2, -0.15) is 0 Å². The first-order valence-corrected chi connectivity index (χ1v) is 9.58. The van der Waals surface area contributed by atoms with Crippen LogP contribution in [0.3, 0.4) is 0 Å². The number of nitrogens with zero attached hydrogens (tertiary/aromatic N) is 2. The van der Waals surface area contributed by atoms with E-state index >= 15 is 0 Å². The number of thioether (sulfide) groups is 1. The van der Waals surface area contributed by atoms with E-state index in [-0.39, 0.29) is 11.8 Å². The molecule has 2 amide bonds. The Kier molecular flexibility index (Phi) is 4.36. The SMILES string of the molecule is CC1(C(=O)N2CCN(c3ccccc3)CC2)Sc2ccccc2NC1=O. The van der Waals surface area contributed by atoms with Crippen molar-refractivity contribution in [2.75, 3.05) is 36.4 Å². The quantitative estimate of drug-likeness (QED) is 0.830. The zero-order valence-electron chi connectivity index (χ0n) is 14.6. The third-order valence-electron chi connectivity index (χ3n) is 4.98. The van der Waals surface area contributed by atoms with Crippen LogP contribution in [0.1, 0.15) is 6.92 Å². The van der Waals surface area contributed by atoms with Gasteiger partial charge in [0.15, 0.2) is 4.75 Å². The molecule has 0 spiro atoms. The summed E-state index contributed by atoms with van der Waals surface area (Å²) in [7, 11) is 0. The lowest BCUT2D eigenvalue weighted by Crippen LogP contribution is -2.58. The Bertz CT molecular complexity index is 834. The Morgan fingerprint density at radius 2 is 1.65 bits per heavy atom. The van der Waals surface area contributed by atoms with Crippen molar-refractivity contribution in [1.29, 1.82) is 0 Å². The first-order chi connectivity index (χ1) is 12.6. The molecule has 0 bridgehead atoms. The van der Waals surface area contributed by atoms with Gasteiger partial charge < -0.3 is 15.1 Å². The van der Waals surface area contributed by atoms with Gasteiger partial charge in [0.05, 0.1) is 5.69 Å². The Morgan fingerprint density at radius 1 is 1.00 bits per heavy atom. The molecule has 1 unspecified atom stereocenters. The summed E-state index contributed by atoms with van der Waals surface area (Å²) in [6, 6.07) is 17.8. The summed E-state index contributed by atoms with van der Waals surface area (Å²) in [5.41, 5.74) is 1.95. The number of carbonyl (C=O) groups excluding carboxylic acids is 2. The summed E-state index contributed by atoms with van der Waals surface area (Å²) in [5.74, 6) is -0.348. The molecule has 134 valence electrons. The molecule has 2 aromatic carbocycles. The number of piperazine rings is 1. The fourth-order valence-corrected chi connectivity index (χ4v) is 4.59. The van der Waals surface area contributed by atoms with Crippen molar-refractivity contribution in [1.82, 2.24) is 4.90 Å². The number of carbonyl (C=O) groups is 2. The molecular weight excluding hydrogens is 346 g/mol. The van der Waals surface area contributed by atoms with E-state index in [9.17, 15) is 9.59 Å². The maximum absolute atomic E-state index is 13.2. The van der Waals surface area contributed by atoms with Crippen molar-refractivity contribution in [2.24, 2.45) is 0 Å². The van der Waals surface area contributed by atoms with E-state index in [1.165, 1.54) is 17.4 Å². The van der Waals surface area contributed by atoms with Gasteiger partial charge in [-0.05, 0) is 31.2 Å². The van der Waals surface area contributed by atoms with Crippen LogP contribution in [-0.2, 0) is 9.59 Å². The molecule has 1 N–H and O–H groups in total. The molecule has 2 aliphatic rings. The summed E-state index contributed by atoms with van der Waals surface area (Å²) < 4.78 is -1.12. The summed E-state index contributed by atoms with van der Waals surface area (Å²) in [4.78, 5) is 30.9. The van der Waals surface area contributed by atoms with Crippen LogP contribution >= 0.6 is 11.8 Å². The van der Waals surface area contributed by atoms with Gasteiger partial charge in [-0.25, -0.2) is 0 Å². The minimum absolute atomic E-state index is 0.109. The van der Waals surface area contributed by atoms with Crippen LogP contribution in [0.5, 0.6) is 0 Å². The van der Waals surface area contributed by atoms with Crippen molar-refractivity contribution in [2.45, 2.75) is 16.6 Å². The number of para-hydroxylation sites is 2. The molecule has 2 aliphatic heterocycles. The molecular formula is C20H21N3O2S. The molecule has 2 heterocycles. The molecule has 0 aliphatic carbocycles. The minimum atomic E-state index is -1.12. The van der Waals surface area contributed by atoms with Crippen molar-refractivity contribution in [3.05, 3.63) is 54.6 Å². The largest absolute Gasteiger partial charge is 0.368 e. The van der Waals surface area contributed by atoms with Gasteiger partial charge in [0, 0.05) is 36.8 Å². The second kappa shape index (κ2) is 6.68. The first-order valence-electron chi connectivity index (χ1n) is 8.77. The van der Waals surface area contributed by atoms with Gasteiger partial charge in [0.25, 0.3) is 0 Å². The van der Waals surface area contributed by atoms with Crippen LogP contribution in [0.25, 0.3) is 0 Å². The Morgan fingerprint density at radius 3 is 2.38 bits per heavy atom. The molecule has 0 aromatic heterocycles. The fraction of sp³-hybridized carbons (Fsp3) is 0.300. The lowest BCUT2D eigenvalue weighted by Gasteiger charge is -2.41. The Balaban J connectivity index is 1.47. The Labute approximate surface area is 157 Å². The van der Waals surface area contributed by atoms with Gasteiger partial charge in [-0.1, -0.05) is 42.1 Å². The van der Waals surface area contributed by atoms with E-state index in [1.807, 2.05) is 47.4 Å². The minimum Gasteiger partial charge on any atom is -0.368 e. The monoisotopic (exact) mass is 367 g/mol. The first kappa shape index (κ1) is 17.0. The van der Waals surface area contributed by atoms with Gasteiger partial charge in [0.2, 0.25) is 11.8 Å². The predicted octanol–water partition coefficient (Wildman–Crippen LogP) is 2.84. The number of nitrogens with one attached hydrogen (secondary N) is 1. The zero-order valence-corrected chi connectivity index (χ0v) is 15.5. The average Bonchev–Trinajstić information content (AvgIpc) is 2.69. The van der Waals surface area contributed by atoms with Crippen LogP contribution in [0.2, 0.25) is 0 Å². The molecule has 2 aromatic rings. The molecule has 5 nitrogen and oxygen atoms in total. The summed E-state index contributed by atoms with van der Waals surface area (Å²) in [6.07, 6.45) is 0. The average molecular weight is 367 g/mol. The third kappa shape index (κ3) is 2.94. The number of anilines is 2. The smallest absolute Gasteiger partial charge is 0.250 e. The number of rotatable bonds is 2. The van der Waals surface area contributed by atoms with Crippen molar-refractivity contribution >= 4 is 35.0 Å². The molecule has 1 atom stereocenters. The molecule has 1 saturated heterocycles. The predicted molar refractivity (Wildman–Crippen MR) is 105 cm³/mol. The van der Waals surface area contributed by atoms with E-state index in [1.54, 1.807) is 6.92 Å². The summed E-state index contributed by atoms with van der Waals surface area (Å²) in [5, 5.41) is 2.89. The van der Waals surface area contributed by atoms with Crippen LogP contribution in [0.4, 0.5) is 11.4 Å². The van der Waals surface area contributed by atoms with Crippen LogP contribution < -0.4 is 10.2 Å². The van der Waals surface area contributed by atoms with Gasteiger partial charge in [0.1, 0.15) is 0 Å². The number of hydrogen-bond acceptors (Lipinski definition) is 4. The maximum Gasteiger partial charge on any atom is 0.250 e. The Hall–Kier alpha value is -2.47. The van der Waals surface area contributed by atoms with Gasteiger partial charge in [-0.3, -0.25) is 9.59 Å². The second-order valence-electron chi connectivity index (χ2n) is 6.70. The highest BCUT2D eigenvalue weighted by molar-refractivity contribution is 8.02. The number of hydrogen-bond donors (Lipinski definition) is 1. The van der Waals surface area contributed by atoms with Crippen LogP contribution in [-0.4, -0.2) is 47.6 Å². The van der Waals surface area contributed by atoms with E-state index in [2.05, 4.69) is 22.3 Å². The van der Waals surface area contributed by atoms with Gasteiger partial charge in [-0.15, -0.1) is 0 Å². The highest BCUT2D eigenvalue weighted by Gasteiger charge is 2.48. The maximum atomic E-state index is 13.2. The molecule has 0 radical (unpaired) electrons. The standard InChI is InChI=1S/C20H21N3O2S/c1-20(18(24)21-16-9-5-6-10-17(16)26-20)19(25)23-13-11-22(12-14-23)15-7-3-2-4-8-15/h2-10H,11-14H2,1H3,(H,21,24). The highest BCUT2D eigenvalue weighted by atomic mass is 32.2. The third-order valence-corrected chi connectivity index (χ3v) is 6.32. The number of benzene rings is 2. The van der Waals surface area contributed by atoms with Crippen LogP contribution in [0, 0.1) is 0 Å². The van der Waals surface area contributed by atoms with Crippen molar-refractivity contribution in [3.63, 3.8) is 0 Å². The lowest BCUT2D eigenvalue weighted by atomic mass is 10.1. The van der Waals surface area contributed by atoms with Gasteiger partial charge >= 0.3 is 0 Å². The lowest BCUT2D eigenvalue weighted by molar-refractivity contribution is -0.137. The van der Waals surface area contributed by atoms with E-state index in [0.29, 0.717) is 13.1 Å². The number of fused-ring (bicyclic) bond motifs is 1. The van der Waals surface area contributed by atoms with Crippen LogP contribution in [0.15, 0.2) is 59.5 Å². The van der Waals surface area contributed by atoms with E-state index in [4.69, 9.17) is 0 Å². The van der Waals surface area contributed by atoms with Crippen molar-refractivity contribution < 1.29 is 9.59 Å². The van der Waals surface area contributed by atoms with E-state index in [0.717, 1.165) is 23.7 Å². The molecule has 6 heteroatoms. The highest BCUT2D eigenvalue weighted by Crippen LogP contribution is 2.43. The molecule has 26 heavy (non-hydrogen) atoms. The fourth-order valence-electron chi connectivity index (χ4n) is 3.42. The zero-order chi connectivity index (χ0) is 18.1. The number of amides is 2. The molecule has 4 rings (SSSR count). The molecule has 1 fully saturated rings. The normalized spacial score (nSPS) is 22.6. The topological polar surface area (TPSA) is 52.7 Å². The van der Waals surface area contributed by atoms with E-state index < -0.39 is 4.75 Å². The van der Waals surface area contributed by atoms with Crippen molar-refractivity contribution in [3.8, 4) is 0 Å². The summed E-state index contributed by atoms with van der Waals surface area (Å²) >= 11 is 1.35. The molecule has 0 saturated carbocycles.